The maximum absolute atomic E-state index is 11.6. The maximum atomic E-state index is 11.6. The van der Waals surface area contributed by atoms with Crippen molar-refractivity contribution in [2.24, 2.45) is 9.98 Å². The first-order valence-corrected chi connectivity index (χ1v) is 8.61. The van der Waals surface area contributed by atoms with Crippen molar-refractivity contribution in [3.8, 4) is 0 Å². The van der Waals surface area contributed by atoms with Gasteiger partial charge in [0.2, 0.25) is 5.91 Å². The zero-order chi connectivity index (χ0) is 17.5. The van der Waals surface area contributed by atoms with E-state index in [-0.39, 0.29) is 5.91 Å². The molecule has 128 valence electrons. The van der Waals surface area contributed by atoms with Crippen LogP contribution in [0.1, 0.15) is 40.0 Å². The van der Waals surface area contributed by atoms with E-state index in [1.54, 1.807) is 7.05 Å². The molecule has 1 saturated heterocycles. The minimum atomic E-state index is -0.147. The molecule has 4 heteroatoms. The highest BCUT2D eigenvalue weighted by Crippen LogP contribution is 2.19. The Hall–Kier alpha value is -2.23. The van der Waals surface area contributed by atoms with Crippen LogP contribution in [0.15, 0.2) is 57.1 Å². The van der Waals surface area contributed by atoms with Gasteiger partial charge in [-0.15, -0.1) is 0 Å². The summed E-state index contributed by atoms with van der Waals surface area (Å²) in [4.78, 5) is 22.4. The second-order valence-electron chi connectivity index (χ2n) is 6.16. The molecule has 0 aromatic carbocycles. The summed E-state index contributed by atoms with van der Waals surface area (Å²) in [7, 11) is 1.80. The number of allylic oxidation sites excluding steroid dienone is 7. The average Bonchev–Trinajstić information content (AvgIpc) is 2.60. The lowest BCUT2D eigenvalue weighted by Gasteiger charge is -2.30. The fraction of sp³-hybridized carbons (Fsp3) is 0.450. The van der Waals surface area contributed by atoms with Crippen LogP contribution in [0.25, 0.3) is 0 Å². The fourth-order valence-electron chi connectivity index (χ4n) is 3.08. The van der Waals surface area contributed by atoms with Gasteiger partial charge < -0.3 is 4.90 Å². The first-order chi connectivity index (χ1) is 11.5. The normalized spacial score (nSPS) is 23.0. The van der Waals surface area contributed by atoms with E-state index in [0.717, 1.165) is 54.2 Å². The van der Waals surface area contributed by atoms with Crippen molar-refractivity contribution in [1.29, 1.82) is 0 Å². The third-order valence-corrected chi connectivity index (χ3v) is 4.26. The van der Waals surface area contributed by atoms with Crippen molar-refractivity contribution in [2.75, 3.05) is 20.1 Å². The monoisotopic (exact) mass is 325 g/mol. The molecule has 0 radical (unpaired) electrons. The Morgan fingerprint density at radius 2 is 1.88 bits per heavy atom. The summed E-state index contributed by atoms with van der Waals surface area (Å²) < 4.78 is 0. The van der Waals surface area contributed by atoms with Crippen LogP contribution in [0.4, 0.5) is 0 Å². The third-order valence-electron chi connectivity index (χ3n) is 4.26. The lowest BCUT2D eigenvalue weighted by atomic mass is 9.98. The lowest BCUT2D eigenvalue weighted by molar-refractivity contribution is -0.115. The Bertz CT molecular complexity index is 669. The van der Waals surface area contributed by atoms with Gasteiger partial charge in [-0.2, -0.15) is 4.99 Å². The van der Waals surface area contributed by atoms with Crippen molar-refractivity contribution in [1.82, 2.24) is 4.90 Å². The van der Waals surface area contributed by atoms with Gasteiger partial charge in [0.1, 0.15) is 5.84 Å². The molecule has 0 N–H and O–H groups in total. The van der Waals surface area contributed by atoms with Gasteiger partial charge >= 0.3 is 0 Å². The van der Waals surface area contributed by atoms with Crippen molar-refractivity contribution in [3.63, 3.8) is 0 Å². The number of aliphatic imine (C=N–C) groups is 2. The highest BCUT2D eigenvalue weighted by Gasteiger charge is 2.17. The summed E-state index contributed by atoms with van der Waals surface area (Å²) in [6.45, 7) is 7.50. The van der Waals surface area contributed by atoms with Crippen LogP contribution in [0.2, 0.25) is 0 Å². The van der Waals surface area contributed by atoms with E-state index >= 15 is 0 Å². The summed E-state index contributed by atoms with van der Waals surface area (Å²) in [5.74, 6) is 0.666. The molecule has 1 heterocycles. The molecule has 0 bridgehead atoms. The predicted molar refractivity (Wildman–Crippen MR) is 102 cm³/mol. The van der Waals surface area contributed by atoms with Gasteiger partial charge in [0, 0.05) is 27.1 Å². The summed E-state index contributed by atoms with van der Waals surface area (Å²) >= 11 is 0. The van der Waals surface area contributed by atoms with E-state index in [4.69, 9.17) is 0 Å². The van der Waals surface area contributed by atoms with Crippen LogP contribution >= 0.6 is 0 Å². The highest BCUT2D eigenvalue weighted by molar-refractivity contribution is 6.12. The third kappa shape index (κ3) is 4.63. The number of carbonyl (C=O) groups excluding carboxylic acids is 1. The molecule has 0 unspecified atom stereocenters. The smallest absolute Gasteiger partial charge is 0.244 e. The topological polar surface area (TPSA) is 45.0 Å². The van der Waals surface area contributed by atoms with Crippen molar-refractivity contribution in [3.05, 3.63) is 47.1 Å². The van der Waals surface area contributed by atoms with E-state index in [2.05, 4.69) is 39.2 Å². The van der Waals surface area contributed by atoms with Gasteiger partial charge in [0.05, 0.1) is 5.71 Å². The number of amidine groups is 1. The molecule has 0 atom stereocenters. The quantitative estimate of drug-likeness (QED) is 0.571. The average molecular weight is 325 g/mol. The van der Waals surface area contributed by atoms with Gasteiger partial charge in [0.15, 0.2) is 0 Å². The standard InChI is InChI=1S/C20H27N3O/c1-5-18-14-17(9-10-19(18)21-4)13-15(2)20(22-16(3)24)23-11-7-6-8-12-23/h5,9-10,13-14H,6-8,11-12H2,1-4H3/b15-13+,18-5-,21-19?,22-20?. The van der Waals surface area contributed by atoms with Crippen molar-refractivity contribution in [2.45, 2.75) is 40.0 Å². The molecule has 1 fully saturated rings. The SMILES string of the molecule is C/C=C1C=C(/C=C(\C)C(=NC(C)=O)N2CCCCC2)C=CC/1=NC. The zero-order valence-corrected chi connectivity index (χ0v) is 15.2. The molecule has 4 nitrogen and oxygen atoms in total. The molecule has 24 heavy (non-hydrogen) atoms. The number of rotatable bonds is 2. The van der Waals surface area contributed by atoms with Crippen molar-refractivity contribution < 1.29 is 4.79 Å². The predicted octanol–water partition coefficient (Wildman–Crippen LogP) is 3.88. The van der Waals surface area contributed by atoms with Crippen LogP contribution in [-0.2, 0) is 4.79 Å². The summed E-state index contributed by atoms with van der Waals surface area (Å²) in [5, 5.41) is 0. The van der Waals surface area contributed by atoms with E-state index in [1.807, 2.05) is 19.9 Å². The Kier molecular flexibility index (Phi) is 6.47. The zero-order valence-electron chi connectivity index (χ0n) is 15.2. The van der Waals surface area contributed by atoms with Gasteiger partial charge in [-0.1, -0.05) is 12.2 Å². The number of piperidine rings is 1. The van der Waals surface area contributed by atoms with E-state index < -0.39 is 0 Å². The highest BCUT2D eigenvalue weighted by atomic mass is 16.1. The maximum Gasteiger partial charge on any atom is 0.244 e. The fourth-order valence-corrected chi connectivity index (χ4v) is 3.08. The summed E-state index contributed by atoms with van der Waals surface area (Å²) in [6, 6.07) is 0. The summed E-state index contributed by atoms with van der Waals surface area (Å²) in [6.07, 6.45) is 13.9. The van der Waals surface area contributed by atoms with Gasteiger partial charge in [-0.3, -0.25) is 9.79 Å². The Morgan fingerprint density at radius 1 is 1.17 bits per heavy atom. The lowest BCUT2D eigenvalue weighted by Crippen LogP contribution is -2.36. The molecule has 0 saturated carbocycles. The van der Waals surface area contributed by atoms with E-state index in [0.29, 0.717) is 0 Å². The van der Waals surface area contributed by atoms with Crippen LogP contribution in [-0.4, -0.2) is 42.5 Å². The van der Waals surface area contributed by atoms with Crippen LogP contribution < -0.4 is 0 Å². The Balaban J connectivity index is 2.31. The molecule has 1 amide bonds. The number of amides is 1. The molecular weight excluding hydrogens is 298 g/mol. The number of likely N-dealkylation sites (tertiary alicyclic amines) is 1. The Labute approximate surface area is 145 Å². The molecular formula is C20H27N3O. The molecule has 1 aliphatic carbocycles. The number of nitrogens with zero attached hydrogens (tertiary/aromatic N) is 3. The second-order valence-corrected chi connectivity index (χ2v) is 6.16. The number of hydrogen-bond donors (Lipinski definition) is 0. The van der Waals surface area contributed by atoms with Crippen LogP contribution in [0.3, 0.4) is 0 Å². The minimum absolute atomic E-state index is 0.147. The minimum Gasteiger partial charge on any atom is -0.356 e. The molecule has 1 aliphatic heterocycles. The van der Waals surface area contributed by atoms with E-state index in [9.17, 15) is 4.79 Å². The van der Waals surface area contributed by atoms with E-state index in [1.165, 1.54) is 13.3 Å². The van der Waals surface area contributed by atoms with Crippen LogP contribution in [0, 0.1) is 0 Å². The van der Waals surface area contributed by atoms with Gasteiger partial charge in [-0.05, 0) is 68.1 Å². The molecule has 0 aromatic rings. The first kappa shape index (κ1) is 18.1. The largest absolute Gasteiger partial charge is 0.356 e. The molecule has 0 aromatic heterocycles. The van der Waals surface area contributed by atoms with Crippen LogP contribution in [0.5, 0.6) is 0 Å². The molecule has 2 rings (SSSR count). The Morgan fingerprint density at radius 3 is 2.46 bits per heavy atom. The summed E-state index contributed by atoms with van der Waals surface area (Å²) in [5.41, 5.74) is 4.22. The molecule has 2 aliphatic rings. The van der Waals surface area contributed by atoms with Gasteiger partial charge in [0.25, 0.3) is 0 Å². The first-order valence-electron chi connectivity index (χ1n) is 8.61. The molecule has 0 spiro atoms. The van der Waals surface area contributed by atoms with Crippen molar-refractivity contribution >= 4 is 17.5 Å². The second kappa shape index (κ2) is 8.57. The van der Waals surface area contributed by atoms with Gasteiger partial charge in [-0.25, -0.2) is 0 Å². The number of hydrogen-bond acceptors (Lipinski definition) is 2. The number of carbonyl (C=O) groups is 1.